The van der Waals surface area contributed by atoms with Gasteiger partial charge >= 0.3 is 0 Å². The van der Waals surface area contributed by atoms with E-state index in [0.29, 0.717) is 5.41 Å². The van der Waals surface area contributed by atoms with E-state index in [1.165, 1.54) is 12.8 Å². The van der Waals surface area contributed by atoms with Gasteiger partial charge in [0.2, 0.25) is 0 Å². The second-order valence-corrected chi connectivity index (χ2v) is 5.41. The van der Waals surface area contributed by atoms with Gasteiger partial charge < -0.3 is 10.1 Å². The zero-order valence-corrected chi connectivity index (χ0v) is 10.9. The van der Waals surface area contributed by atoms with Crippen LogP contribution in [0.15, 0.2) is 30.5 Å². The number of methoxy groups -OCH3 is 1. The first-order chi connectivity index (χ1) is 8.70. The van der Waals surface area contributed by atoms with Gasteiger partial charge in [-0.05, 0) is 47.9 Å². The summed E-state index contributed by atoms with van der Waals surface area (Å²) in [6, 6.07) is 8.11. The number of pyridine rings is 1. The Labute approximate surface area is 107 Å². The van der Waals surface area contributed by atoms with Gasteiger partial charge in [-0.2, -0.15) is 0 Å². The highest BCUT2D eigenvalue weighted by molar-refractivity contribution is 5.92. The van der Waals surface area contributed by atoms with E-state index in [0.717, 1.165) is 28.9 Å². The number of fused-ring (bicyclic) bond motifs is 1. The number of nitrogens with zero attached hydrogens (tertiary/aromatic N) is 1. The van der Waals surface area contributed by atoms with E-state index in [1.54, 1.807) is 7.11 Å². The van der Waals surface area contributed by atoms with E-state index in [1.807, 2.05) is 24.4 Å². The lowest BCUT2D eigenvalue weighted by Crippen LogP contribution is -2.12. The van der Waals surface area contributed by atoms with E-state index in [9.17, 15) is 0 Å². The number of benzene rings is 1. The van der Waals surface area contributed by atoms with Gasteiger partial charge in [-0.3, -0.25) is 0 Å². The molecule has 0 spiro atoms. The SMILES string of the molecule is COc1ccc2c(NCC3(C)CC3)nccc2c1. The van der Waals surface area contributed by atoms with Gasteiger partial charge in [-0.25, -0.2) is 4.98 Å². The van der Waals surface area contributed by atoms with Crippen molar-refractivity contribution in [2.75, 3.05) is 19.0 Å². The third-order valence-electron chi connectivity index (χ3n) is 3.76. The summed E-state index contributed by atoms with van der Waals surface area (Å²) in [6.45, 7) is 3.32. The second kappa shape index (κ2) is 4.16. The molecule has 3 rings (SSSR count). The van der Waals surface area contributed by atoms with Gasteiger partial charge in [0.15, 0.2) is 0 Å². The van der Waals surface area contributed by atoms with Crippen molar-refractivity contribution >= 4 is 16.6 Å². The maximum absolute atomic E-state index is 5.25. The molecule has 1 aliphatic carbocycles. The minimum absolute atomic E-state index is 0.482. The third-order valence-corrected chi connectivity index (χ3v) is 3.76. The molecule has 1 saturated carbocycles. The molecule has 0 unspecified atom stereocenters. The first kappa shape index (κ1) is 11.3. The van der Waals surface area contributed by atoms with Crippen LogP contribution in [0.25, 0.3) is 10.8 Å². The van der Waals surface area contributed by atoms with Gasteiger partial charge in [-0.15, -0.1) is 0 Å². The lowest BCUT2D eigenvalue weighted by Gasteiger charge is -2.13. The van der Waals surface area contributed by atoms with Crippen LogP contribution in [0.3, 0.4) is 0 Å². The largest absolute Gasteiger partial charge is 0.497 e. The maximum atomic E-state index is 5.25. The van der Waals surface area contributed by atoms with Crippen LogP contribution in [0.1, 0.15) is 19.8 Å². The number of aromatic nitrogens is 1. The zero-order chi connectivity index (χ0) is 12.6. The number of rotatable bonds is 4. The molecule has 1 aromatic heterocycles. The average molecular weight is 242 g/mol. The summed E-state index contributed by atoms with van der Waals surface area (Å²) < 4.78 is 5.25. The molecule has 0 radical (unpaired) electrons. The van der Waals surface area contributed by atoms with Gasteiger partial charge in [0, 0.05) is 18.1 Å². The Morgan fingerprint density at radius 2 is 2.17 bits per heavy atom. The van der Waals surface area contributed by atoms with Crippen molar-refractivity contribution in [3.63, 3.8) is 0 Å². The summed E-state index contributed by atoms with van der Waals surface area (Å²) in [7, 11) is 1.69. The Kier molecular flexibility index (Phi) is 2.62. The summed E-state index contributed by atoms with van der Waals surface area (Å²) in [5.41, 5.74) is 0.482. The van der Waals surface area contributed by atoms with Crippen molar-refractivity contribution < 1.29 is 4.74 Å². The Hall–Kier alpha value is -1.77. The van der Waals surface area contributed by atoms with Crippen LogP contribution in [0.2, 0.25) is 0 Å². The fourth-order valence-corrected chi connectivity index (χ4v) is 2.11. The first-order valence-corrected chi connectivity index (χ1v) is 6.37. The van der Waals surface area contributed by atoms with E-state index in [2.05, 4.69) is 23.3 Å². The normalized spacial score (nSPS) is 16.6. The lowest BCUT2D eigenvalue weighted by atomic mass is 10.1. The van der Waals surface area contributed by atoms with Crippen LogP contribution in [0.4, 0.5) is 5.82 Å². The second-order valence-electron chi connectivity index (χ2n) is 5.41. The molecule has 94 valence electrons. The highest BCUT2D eigenvalue weighted by atomic mass is 16.5. The molecule has 0 bridgehead atoms. The van der Waals surface area contributed by atoms with E-state index in [4.69, 9.17) is 4.74 Å². The van der Waals surface area contributed by atoms with Crippen molar-refractivity contribution in [3.05, 3.63) is 30.5 Å². The Balaban J connectivity index is 1.91. The summed E-state index contributed by atoms with van der Waals surface area (Å²) >= 11 is 0. The van der Waals surface area contributed by atoms with Crippen LogP contribution in [-0.4, -0.2) is 18.6 Å². The predicted molar refractivity (Wildman–Crippen MR) is 74.1 cm³/mol. The molecule has 0 saturated heterocycles. The highest BCUT2D eigenvalue weighted by Gasteiger charge is 2.36. The molecule has 18 heavy (non-hydrogen) atoms. The smallest absolute Gasteiger partial charge is 0.133 e. The summed E-state index contributed by atoms with van der Waals surface area (Å²) in [4.78, 5) is 4.44. The summed E-state index contributed by atoms with van der Waals surface area (Å²) in [5.74, 6) is 1.86. The van der Waals surface area contributed by atoms with E-state index in [-0.39, 0.29) is 0 Å². The van der Waals surface area contributed by atoms with Crippen LogP contribution in [0.5, 0.6) is 5.75 Å². The highest BCUT2D eigenvalue weighted by Crippen LogP contribution is 2.44. The maximum Gasteiger partial charge on any atom is 0.133 e. The van der Waals surface area contributed by atoms with Crippen molar-refractivity contribution in [3.8, 4) is 5.75 Å². The summed E-state index contributed by atoms with van der Waals surface area (Å²) in [5, 5.41) is 5.79. The van der Waals surface area contributed by atoms with Crippen LogP contribution >= 0.6 is 0 Å². The fraction of sp³-hybridized carbons (Fsp3) is 0.400. The molecule has 0 aliphatic heterocycles. The molecule has 1 aliphatic rings. The lowest BCUT2D eigenvalue weighted by molar-refractivity contribution is 0.415. The van der Waals surface area contributed by atoms with Gasteiger partial charge in [0.25, 0.3) is 0 Å². The molecule has 3 heteroatoms. The Morgan fingerprint density at radius 1 is 1.33 bits per heavy atom. The number of nitrogens with one attached hydrogen (secondary N) is 1. The molecule has 3 nitrogen and oxygen atoms in total. The number of anilines is 1. The van der Waals surface area contributed by atoms with Crippen molar-refractivity contribution in [2.24, 2.45) is 5.41 Å². The Bertz CT molecular complexity index is 576. The molecule has 2 aromatic rings. The zero-order valence-electron chi connectivity index (χ0n) is 10.9. The monoisotopic (exact) mass is 242 g/mol. The van der Waals surface area contributed by atoms with Gasteiger partial charge in [0.1, 0.15) is 11.6 Å². The topological polar surface area (TPSA) is 34.1 Å². The fourth-order valence-electron chi connectivity index (χ4n) is 2.11. The molecular weight excluding hydrogens is 224 g/mol. The van der Waals surface area contributed by atoms with E-state index >= 15 is 0 Å². The summed E-state index contributed by atoms with van der Waals surface area (Å²) in [6.07, 6.45) is 4.48. The van der Waals surface area contributed by atoms with Crippen LogP contribution in [-0.2, 0) is 0 Å². The van der Waals surface area contributed by atoms with Gasteiger partial charge in [-0.1, -0.05) is 6.92 Å². The quantitative estimate of drug-likeness (QED) is 0.891. The molecule has 0 amide bonds. The minimum Gasteiger partial charge on any atom is -0.497 e. The molecule has 1 fully saturated rings. The van der Waals surface area contributed by atoms with Crippen LogP contribution < -0.4 is 10.1 Å². The molecular formula is C15H18N2O. The molecule has 1 aromatic carbocycles. The minimum atomic E-state index is 0.482. The molecule has 0 atom stereocenters. The van der Waals surface area contributed by atoms with Crippen molar-refractivity contribution in [2.45, 2.75) is 19.8 Å². The van der Waals surface area contributed by atoms with Crippen LogP contribution in [0, 0.1) is 5.41 Å². The molecule has 1 N–H and O–H groups in total. The average Bonchev–Trinajstić information content (AvgIpc) is 3.14. The third kappa shape index (κ3) is 2.13. The number of ether oxygens (including phenoxy) is 1. The van der Waals surface area contributed by atoms with E-state index < -0.39 is 0 Å². The Morgan fingerprint density at radius 3 is 2.89 bits per heavy atom. The standard InChI is InChI=1S/C15H18N2O/c1-15(6-7-15)10-17-14-13-4-3-12(18-2)9-11(13)5-8-16-14/h3-5,8-9H,6-7,10H2,1-2H3,(H,16,17). The predicted octanol–water partition coefficient (Wildman–Crippen LogP) is 3.46. The van der Waals surface area contributed by atoms with Crippen molar-refractivity contribution in [1.82, 2.24) is 4.98 Å². The van der Waals surface area contributed by atoms with Crippen molar-refractivity contribution in [1.29, 1.82) is 0 Å². The number of hydrogen-bond acceptors (Lipinski definition) is 3. The molecule has 1 heterocycles. The number of hydrogen-bond donors (Lipinski definition) is 1. The van der Waals surface area contributed by atoms with Gasteiger partial charge in [0.05, 0.1) is 7.11 Å². The first-order valence-electron chi connectivity index (χ1n) is 6.37.